The molecular weight excluding hydrogens is 312 g/mol. The zero-order valence-electron chi connectivity index (χ0n) is 13.7. The molecule has 1 atom stereocenters. The molecule has 0 aliphatic carbocycles. The van der Waals surface area contributed by atoms with Crippen LogP contribution in [0.25, 0.3) is 0 Å². The summed E-state index contributed by atoms with van der Waals surface area (Å²) < 4.78 is 26.9. The van der Waals surface area contributed by atoms with Crippen molar-refractivity contribution in [3.05, 3.63) is 35.9 Å². The van der Waals surface area contributed by atoms with Gasteiger partial charge in [-0.3, -0.25) is 4.79 Å². The predicted octanol–water partition coefficient (Wildman–Crippen LogP) is 1.94. The molecule has 0 bridgehead atoms. The first kappa shape index (κ1) is 17.9. The Balaban J connectivity index is 2.14. The highest BCUT2D eigenvalue weighted by molar-refractivity contribution is 7.89. The largest absolute Gasteiger partial charge is 0.341 e. The van der Waals surface area contributed by atoms with E-state index in [0.717, 1.165) is 37.9 Å². The SMILES string of the molecule is CCCS(=O)(=O)N[C@@H](Cc1ccccc1)C(=O)N1CCCCC1. The van der Waals surface area contributed by atoms with E-state index in [0.29, 0.717) is 12.8 Å². The Hall–Kier alpha value is -1.40. The van der Waals surface area contributed by atoms with E-state index in [-0.39, 0.29) is 11.7 Å². The van der Waals surface area contributed by atoms with Crippen molar-refractivity contribution in [1.82, 2.24) is 9.62 Å². The molecule has 5 nitrogen and oxygen atoms in total. The Labute approximate surface area is 139 Å². The first-order valence-corrected chi connectivity index (χ1v) is 10.00. The Morgan fingerprint density at radius 1 is 1.17 bits per heavy atom. The molecule has 1 N–H and O–H groups in total. The van der Waals surface area contributed by atoms with Gasteiger partial charge in [-0.2, -0.15) is 0 Å². The van der Waals surface area contributed by atoms with Crippen molar-refractivity contribution in [1.29, 1.82) is 0 Å². The van der Waals surface area contributed by atoms with Crippen LogP contribution in [0.3, 0.4) is 0 Å². The molecule has 0 aromatic heterocycles. The average Bonchev–Trinajstić information content (AvgIpc) is 2.55. The molecule has 2 rings (SSSR count). The van der Waals surface area contributed by atoms with Crippen LogP contribution in [0, 0.1) is 0 Å². The van der Waals surface area contributed by atoms with Gasteiger partial charge in [0.1, 0.15) is 6.04 Å². The van der Waals surface area contributed by atoms with E-state index in [2.05, 4.69) is 4.72 Å². The molecule has 1 amide bonds. The van der Waals surface area contributed by atoms with Crippen LogP contribution in [0.1, 0.15) is 38.2 Å². The second-order valence-corrected chi connectivity index (χ2v) is 7.94. The number of amides is 1. The first-order chi connectivity index (χ1) is 11.0. The number of piperidine rings is 1. The van der Waals surface area contributed by atoms with Gasteiger partial charge in [-0.25, -0.2) is 13.1 Å². The Morgan fingerprint density at radius 2 is 1.83 bits per heavy atom. The molecule has 128 valence electrons. The second kappa shape index (κ2) is 8.45. The van der Waals surface area contributed by atoms with Gasteiger partial charge >= 0.3 is 0 Å². The summed E-state index contributed by atoms with van der Waals surface area (Å²) in [6, 6.07) is 8.84. The molecule has 0 spiro atoms. The van der Waals surface area contributed by atoms with E-state index in [4.69, 9.17) is 0 Å². The molecule has 1 fully saturated rings. The van der Waals surface area contributed by atoms with Crippen molar-refractivity contribution in [2.45, 2.75) is 45.1 Å². The van der Waals surface area contributed by atoms with Crippen LogP contribution in [0.15, 0.2) is 30.3 Å². The van der Waals surface area contributed by atoms with Gasteiger partial charge in [-0.15, -0.1) is 0 Å². The lowest BCUT2D eigenvalue weighted by Gasteiger charge is -2.30. The molecule has 6 heteroatoms. The topological polar surface area (TPSA) is 66.5 Å². The Morgan fingerprint density at radius 3 is 2.43 bits per heavy atom. The van der Waals surface area contributed by atoms with Gasteiger partial charge < -0.3 is 4.90 Å². The van der Waals surface area contributed by atoms with Crippen molar-refractivity contribution in [2.24, 2.45) is 0 Å². The van der Waals surface area contributed by atoms with Gasteiger partial charge in [-0.05, 0) is 37.7 Å². The van der Waals surface area contributed by atoms with Crippen molar-refractivity contribution in [2.75, 3.05) is 18.8 Å². The number of carbonyl (C=O) groups excluding carboxylic acids is 1. The Bertz CT molecular complexity index is 596. The third-order valence-corrected chi connectivity index (χ3v) is 5.63. The molecule has 1 aromatic carbocycles. The van der Waals surface area contributed by atoms with E-state index in [1.54, 1.807) is 4.90 Å². The van der Waals surface area contributed by atoms with Crippen LogP contribution in [-0.4, -0.2) is 44.1 Å². The van der Waals surface area contributed by atoms with Gasteiger partial charge in [0.05, 0.1) is 5.75 Å². The standard InChI is InChI=1S/C17H26N2O3S/c1-2-13-23(21,22)18-16(14-15-9-5-3-6-10-15)17(20)19-11-7-4-8-12-19/h3,5-6,9-10,16,18H,2,4,7-8,11-14H2,1H3/t16-/m0/s1. The maximum absolute atomic E-state index is 12.8. The zero-order chi connectivity index (χ0) is 16.7. The molecule has 1 saturated heterocycles. The van der Waals surface area contributed by atoms with Crippen LogP contribution in [0.4, 0.5) is 0 Å². The summed E-state index contributed by atoms with van der Waals surface area (Å²) in [6.45, 7) is 3.26. The highest BCUT2D eigenvalue weighted by Crippen LogP contribution is 2.13. The normalized spacial score (nSPS) is 17.0. The lowest BCUT2D eigenvalue weighted by molar-refractivity contribution is -0.133. The second-order valence-electron chi connectivity index (χ2n) is 6.06. The number of hydrogen-bond donors (Lipinski definition) is 1. The molecule has 23 heavy (non-hydrogen) atoms. The number of benzene rings is 1. The van der Waals surface area contributed by atoms with E-state index in [1.807, 2.05) is 37.3 Å². The van der Waals surface area contributed by atoms with Crippen molar-refractivity contribution >= 4 is 15.9 Å². The van der Waals surface area contributed by atoms with E-state index >= 15 is 0 Å². The fraction of sp³-hybridized carbons (Fsp3) is 0.588. The van der Waals surface area contributed by atoms with Gasteiger partial charge in [0.15, 0.2) is 0 Å². The molecule has 1 heterocycles. The number of rotatable bonds is 7. The summed E-state index contributed by atoms with van der Waals surface area (Å²) in [5.74, 6) is -0.0563. The van der Waals surface area contributed by atoms with Gasteiger partial charge in [0.25, 0.3) is 0 Å². The van der Waals surface area contributed by atoms with Crippen LogP contribution >= 0.6 is 0 Å². The third-order valence-electron chi connectivity index (χ3n) is 4.04. The summed E-state index contributed by atoms with van der Waals surface area (Å²) >= 11 is 0. The molecule has 1 aromatic rings. The molecular formula is C17H26N2O3S. The van der Waals surface area contributed by atoms with E-state index < -0.39 is 16.1 Å². The van der Waals surface area contributed by atoms with Gasteiger partial charge in [0, 0.05) is 13.1 Å². The fourth-order valence-electron chi connectivity index (χ4n) is 2.91. The maximum Gasteiger partial charge on any atom is 0.241 e. The van der Waals surface area contributed by atoms with Crippen molar-refractivity contribution < 1.29 is 13.2 Å². The summed E-state index contributed by atoms with van der Waals surface area (Å²) in [4.78, 5) is 14.6. The van der Waals surface area contributed by atoms with Crippen molar-refractivity contribution in [3.8, 4) is 0 Å². The predicted molar refractivity (Wildman–Crippen MR) is 91.6 cm³/mol. The summed E-state index contributed by atoms with van der Waals surface area (Å²) in [5.41, 5.74) is 0.960. The number of hydrogen-bond acceptors (Lipinski definition) is 3. The lowest BCUT2D eigenvalue weighted by Crippen LogP contribution is -2.51. The zero-order valence-corrected chi connectivity index (χ0v) is 14.5. The minimum atomic E-state index is -3.43. The average molecular weight is 338 g/mol. The molecule has 1 aliphatic rings. The van der Waals surface area contributed by atoms with E-state index in [1.165, 1.54) is 0 Å². The fourth-order valence-corrected chi connectivity index (χ4v) is 4.18. The molecule has 0 saturated carbocycles. The molecule has 1 aliphatic heterocycles. The number of likely N-dealkylation sites (tertiary alicyclic amines) is 1. The smallest absolute Gasteiger partial charge is 0.241 e. The van der Waals surface area contributed by atoms with Crippen LogP contribution in [0.5, 0.6) is 0 Å². The van der Waals surface area contributed by atoms with Crippen LogP contribution < -0.4 is 4.72 Å². The third kappa shape index (κ3) is 5.62. The number of nitrogens with zero attached hydrogens (tertiary/aromatic N) is 1. The van der Waals surface area contributed by atoms with Gasteiger partial charge in [-0.1, -0.05) is 37.3 Å². The van der Waals surface area contributed by atoms with Crippen LogP contribution in [-0.2, 0) is 21.2 Å². The highest BCUT2D eigenvalue weighted by atomic mass is 32.2. The van der Waals surface area contributed by atoms with E-state index in [9.17, 15) is 13.2 Å². The van der Waals surface area contributed by atoms with Gasteiger partial charge in [0.2, 0.25) is 15.9 Å². The summed E-state index contributed by atoms with van der Waals surface area (Å²) in [7, 11) is -3.43. The maximum atomic E-state index is 12.8. The highest BCUT2D eigenvalue weighted by Gasteiger charge is 2.29. The lowest BCUT2D eigenvalue weighted by atomic mass is 10.0. The monoisotopic (exact) mass is 338 g/mol. The molecule has 0 unspecified atom stereocenters. The minimum Gasteiger partial charge on any atom is -0.341 e. The summed E-state index contributed by atoms with van der Waals surface area (Å²) in [6.07, 6.45) is 4.04. The quantitative estimate of drug-likeness (QED) is 0.826. The Kier molecular flexibility index (Phi) is 6.59. The number of nitrogens with one attached hydrogen (secondary N) is 1. The number of carbonyl (C=O) groups is 1. The minimum absolute atomic E-state index is 0.0472. The molecule has 0 radical (unpaired) electrons. The number of sulfonamides is 1. The first-order valence-electron chi connectivity index (χ1n) is 8.34. The van der Waals surface area contributed by atoms with Crippen LogP contribution in [0.2, 0.25) is 0 Å². The van der Waals surface area contributed by atoms with Crippen molar-refractivity contribution in [3.63, 3.8) is 0 Å². The summed E-state index contributed by atoms with van der Waals surface area (Å²) in [5, 5.41) is 0.